The SMILES string of the molecule is C.C.C.C.C.C.C.C.C.C.C.C.COC(C)C(=O)OCC(C)=O.COCC(=O)OC(C)C(C)=O. The second-order valence-electron chi connectivity index (χ2n) is 4.36. The van der Waals surface area contributed by atoms with E-state index in [1.54, 1.807) is 6.92 Å². The summed E-state index contributed by atoms with van der Waals surface area (Å²) in [5.74, 6) is -1.38. The summed E-state index contributed by atoms with van der Waals surface area (Å²) < 4.78 is 18.3. The van der Waals surface area contributed by atoms with Crippen LogP contribution in [0, 0.1) is 0 Å². The van der Waals surface area contributed by atoms with Gasteiger partial charge in [0.15, 0.2) is 23.8 Å². The number of hydrogen-bond acceptors (Lipinski definition) is 8. The van der Waals surface area contributed by atoms with E-state index >= 15 is 0 Å². The molecular formula is C26H72O8. The van der Waals surface area contributed by atoms with Crippen molar-refractivity contribution in [1.82, 2.24) is 0 Å². The zero-order chi connectivity index (χ0) is 17.7. The maximum absolute atomic E-state index is 10.8. The minimum atomic E-state index is -0.669. The van der Waals surface area contributed by atoms with Crippen molar-refractivity contribution in [2.24, 2.45) is 0 Å². The zero-order valence-corrected chi connectivity index (χ0v) is 13.8. The molecule has 0 aliphatic heterocycles. The third kappa shape index (κ3) is 63.1. The van der Waals surface area contributed by atoms with E-state index in [-0.39, 0.29) is 114 Å². The van der Waals surface area contributed by atoms with Gasteiger partial charge < -0.3 is 18.9 Å². The van der Waals surface area contributed by atoms with Gasteiger partial charge in [0, 0.05) is 14.2 Å². The molecule has 8 heteroatoms. The van der Waals surface area contributed by atoms with Gasteiger partial charge >= 0.3 is 11.9 Å². The molecule has 0 aromatic heterocycles. The predicted molar refractivity (Wildman–Crippen MR) is 157 cm³/mol. The first kappa shape index (κ1) is 94.6. The van der Waals surface area contributed by atoms with Crippen molar-refractivity contribution in [1.29, 1.82) is 0 Å². The summed E-state index contributed by atoms with van der Waals surface area (Å²) in [5, 5.41) is 0. The number of carbonyl (C=O) groups is 4. The summed E-state index contributed by atoms with van der Waals surface area (Å²) in [6.07, 6.45) is -1.27. The molecule has 0 aliphatic rings. The van der Waals surface area contributed by atoms with E-state index in [0.717, 1.165) is 0 Å². The number of rotatable bonds is 8. The maximum atomic E-state index is 10.8. The third-order valence-corrected chi connectivity index (χ3v) is 2.25. The van der Waals surface area contributed by atoms with Crippen LogP contribution in [0.4, 0.5) is 0 Å². The molecule has 0 heterocycles. The number of ether oxygens (including phenoxy) is 4. The highest BCUT2D eigenvalue weighted by Gasteiger charge is 2.13. The Balaban J connectivity index is -0.0000000145. The molecule has 0 N–H and O–H groups in total. The standard InChI is InChI=1S/2C7H12O4.12CH4/c1-5(8)6(2)11-7(9)4-10-3;1-5(8)4-11-7(9)6(2)10-3;;;;;;;;;;;;/h2*6H,4H2,1-3H3;12*1H4. The topological polar surface area (TPSA) is 105 Å². The molecule has 8 nitrogen and oxygen atoms in total. The Morgan fingerprint density at radius 3 is 1.21 bits per heavy atom. The molecule has 0 aromatic rings. The molecule has 2 unspecified atom stereocenters. The number of methoxy groups -OCH3 is 2. The lowest BCUT2D eigenvalue weighted by atomic mass is 10.3. The molecule has 0 amide bonds. The van der Waals surface area contributed by atoms with Crippen LogP contribution < -0.4 is 0 Å². The van der Waals surface area contributed by atoms with E-state index in [1.807, 2.05) is 0 Å². The molecule has 0 bridgehead atoms. The lowest BCUT2D eigenvalue weighted by Gasteiger charge is -2.08. The zero-order valence-electron chi connectivity index (χ0n) is 13.8. The van der Waals surface area contributed by atoms with Gasteiger partial charge in [-0.3, -0.25) is 9.59 Å². The second kappa shape index (κ2) is 57.7. The Bertz CT molecular complexity index is 383. The minimum absolute atomic E-state index is 0. The van der Waals surface area contributed by atoms with Crippen molar-refractivity contribution in [3.05, 3.63) is 0 Å². The maximum Gasteiger partial charge on any atom is 0.335 e. The summed E-state index contributed by atoms with van der Waals surface area (Å²) in [7, 11) is 2.79. The fourth-order valence-electron chi connectivity index (χ4n) is 0.818. The molecule has 2 atom stereocenters. The fourth-order valence-corrected chi connectivity index (χ4v) is 0.818. The largest absolute Gasteiger partial charge is 0.456 e. The summed E-state index contributed by atoms with van der Waals surface area (Å²) in [4.78, 5) is 42.3. The molecule has 0 aromatic carbocycles. The van der Waals surface area contributed by atoms with Gasteiger partial charge in [-0.15, -0.1) is 0 Å². The van der Waals surface area contributed by atoms with Gasteiger partial charge in [-0.1, -0.05) is 89.1 Å². The van der Waals surface area contributed by atoms with Crippen molar-refractivity contribution in [2.75, 3.05) is 27.4 Å². The number of hydrogen-bond donors (Lipinski definition) is 0. The second-order valence-corrected chi connectivity index (χ2v) is 4.36. The summed E-state index contributed by atoms with van der Waals surface area (Å²) in [6.45, 7) is 5.51. The third-order valence-electron chi connectivity index (χ3n) is 2.25. The molecule has 34 heavy (non-hydrogen) atoms. The number of carbonyl (C=O) groups excluding carboxylic acids is 4. The molecule has 0 spiro atoms. The van der Waals surface area contributed by atoms with Crippen LogP contribution in [0.1, 0.15) is 117 Å². The van der Waals surface area contributed by atoms with Crippen molar-refractivity contribution in [2.45, 2.75) is 129 Å². The number of ketones is 2. The van der Waals surface area contributed by atoms with Crippen molar-refractivity contribution >= 4 is 23.5 Å². The van der Waals surface area contributed by atoms with Crippen LogP contribution in [0.25, 0.3) is 0 Å². The van der Waals surface area contributed by atoms with Crippen LogP contribution in [0.5, 0.6) is 0 Å². The average Bonchev–Trinajstić information content (AvgIpc) is 2.44. The smallest absolute Gasteiger partial charge is 0.335 e. The Labute approximate surface area is 218 Å². The summed E-state index contributed by atoms with van der Waals surface area (Å²) >= 11 is 0. The van der Waals surface area contributed by atoms with Gasteiger partial charge in [-0.25, -0.2) is 9.59 Å². The molecule has 0 aliphatic carbocycles. The predicted octanol–water partition coefficient (Wildman–Crippen LogP) is 7.94. The number of Topliss-reactive ketones (excluding diaryl/α,β-unsaturated/α-hetero) is 2. The van der Waals surface area contributed by atoms with Crippen LogP contribution in [0.2, 0.25) is 0 Å². The average molecular weight is 513 g/mol. The first-order valence-corrected chi connectivity index (χ1v) is 6.53. The molecular weight excluding hydrogens is 440 g/mol. The lowest BCUT2D eigenvalue weighted by Crippen LogP contribution is -2.24. The van der Waals surface area contributed by atoms with E-state index in [4.69, 9.17) is 0 Å². The van der Waals surface area contributed by atoms with Gasteiger partial charge in [0.25, 0.3) is 0 Å². The van der Waals surface area contributed by atoms with Gasteiger partial charge in [-0.05, 0) is 27.7 Å². The van der Waals surface area contributed by atoms with E-state index in [0.29, 0.717) is 0 Å². The molecule has 0 saturated heterocycles. The van der Waals surface area contributed by atoms with Crippen molar-refractivity contribution in [3.8, 4) is 0 Å². The van der Waals surface area contributed by atoms with Gasteiger partial charge in [-0.2, -0.15) is 0 Å². The first-order valence-electron chi connectivity index (χ1n) is 6.53. The molecule has 0 rings (SSSR count). The highest BCUT2D eigenvalue weighted by atomic mass is 16.6. The van der Waals surface area contributed by atoms with E-state index in [2.05, 4.69) is 18.9 Å². The van der Waals surface area contributed by atoms with Crippen LogP contribution in [0.3, 0.4) is 0 Å². The van der Waals surface area contributed by atoms with Crippen LogP contribution >= 0.6 is 0 Å². The van der Waals surface area contributed by atoms with Crippen LogP contribution in [-0.4, -0.2) is 63.1 Å². The highest BCUT2D eigenvalue weighted by molar-refractivity contribution is 5.83. The summed E-state index contributed by atoms with van der Waals surface area (Å²) in [6, 6.07) is 0. The number of esters is 2. The normalized spacial score (nSPS) is 7.94. The lowest BCUT2D eigenvalue weighted by molar-refractivity contribution is -0.157. The molecule has 0 saturated carbocycles. The molecule has 224 valence electrons. The Morgan fingerprint density at radius 1 is 0.618 bits per heavy atom. The quantitative estimate of drug-likeness (QED) is 0.302. The van der Waals surface area contributed by atoms with Crippen molar-refractivity contribution in [3.63, 3.8) is 0 Å². The van der Waals surface area contributed by atoms with E-state index in [9.17, 15) is 19.2 Å². The fraction of sp³-hybridized carbons (Fsp3) is 0.846. The Kier molecular flexibility index (Phi) is 161. The van der Waals surface area contributed by atoms with Crippen molar-refractivity contribution < 1.29 is 38.1 Å². The highest BCUT2D eigenvalue weighted by Crippen LogP contribution is 1.93. The first-order chi connectivity index (χ1) is 10.1. The monoisotopic (exact) mass is 513 g/mol. The van der Waals surface area contributed by atoms with Crippen LogP contribution in [0.15, 0.2) is 0 Å². The molecule has 0 radical (unpaired) electrons. The van der Waals surface area contributed by atoms with Gasteiger partial charge in [0.1, 0.15) is 13.2 Å². The Morgan fingerprint density at radius 2 is 0.971 bits per heavy atom. The van der Waals surface area contributed by atoms with E-state index < -0.39 is 24.1 Å². The summed E-state index contributed by atoms with van der Waals surface area (Å²) in [5.41, 5.74) is 0. The molecule has 0 fully saturated rings. The van der Waals surface area contributed by atoms with Gasteiger partial charge in [0.2, 0.25) is 0 Å². The Hall–Kier alpha value is -1.80. The van der Waals surface area contributed by atoms with E-state index in [1.165, 1.54) is 35.0 Å². The van der Waals surface area contributed by atoms with Crippen LogP contribution in [-0.2, 0) is 38.1 Å². The van der Waals surface area contributed by atoms with Gasteiger partial charge in [0.05, 0.1) is 0 Å². The minimum Gasteiger partial charge on any atom is -0.456 e.